The van der Waals surface area contributed by atoms with Crippen LogP contribution in [-0.4, -0.2) is 8.76 Å². The number of benzene rings is 1. The molecule has 0 fully saturated rings. The van der Waals surface area contributed by atoms with Crippen LogP contribution in [0.2, 0.25) is 0 Å². The van der Waals surface area contributed by atoms with Crippen LogP contribution in [0.15, 0.2) is 36.6 Å². The molecule has 1 aromatic carbocycles. The first kappa shape index (κ1) is 12.9. The van der Waals surface area contributed by atoms with E-state index in [0.29, 0.717) is 0 Å². The Labute approximate surface area is 102 Å². The van der Waals surface area contributed by atoms with E-state index in [0.717, 1.165) is 11.8 Å². The zero-order chi connectivity index (χ0) is 8.81. The van der Waals surface area contributed by atoms with Gasteiger partial charge in [0, 0.05) is 0 Å². The van der Waals surface area contributed by atoms with Crippen molar-refractivity contribution in [3.8, 4) is 0 Å². The van der Waals surface area contributed by atoms with Gasteiger partial charge in [0.1, 0.15) is 17.6 Å². The largest absolute Gasteiger partial charge is 1.00 e. The van der Waals surface area contributed by atoms with E-state index >= 15 is 0 Å². The van der Waals surface area contributed by atoms with Gasteiger partial charge >= 0.3 is 29.6 Å². The summed E-state index contributed by atoms with van der Waals surface area (Å²) in [6.07, 6.45) is 2.69. The molecule has 64 valence electrons. The van der Waals surface area contributed by atoms with Gasteiger partial charge in [-0.2, -0.15) is 0 Å². The molecule has 1 unspecified atom stereocenters. The molecule has 1 aromatic rings. The Hall–Kier alpha value is -0.130. The van der Waals surface area contributed by atoms with E-state index in [1.54, 1.807) is 6.08 Å². The molecule has 5 heteroatoms. The van der Waals surface area contributed by atoms with E-state index in [2.05, 4.69) is 4.18 Å². The van der Waals surface area contributed by atoms with Gasteiger partial charge in [0.2, 0.25) is 0 Å². The van der Waals surface area contributed by atoms with Crippen molar-refractivity contribution in [1.29, 1.82) is 0 Å². The molecule has 0 bridgehead atoms. The molecule has 3 nitrogen and oxygen atoms in total. The molecule has 0 amide bonds. The first-order valence-corrected chi connectivity index (χ1v) is 4.27. The third-order valence-corrected chi connectivity index (χ3v) is 1.46. The Kier molecular flexibility index (Phi) is 7.22. The zero-order valence-corrected chi connectivity index (χ0v) is 9.99. The molecule has 0 aliphatic rings. The maximum Gasteiger partial charge on any atom is 1.00 e. The Bertz CT molecular complexity index is 287. The van der Waals surface area contributed by atoms with Gasteiger partial charge in [-0.3, -0.25) is 0 Å². The van der Waals surface area contributed by atoms with Crippen LogP contribution in [-0.2, 0) is 15.5 Å². The molecule has 0 aliphatic carbocycles. The molecule has 0 saturated carbocycles. The number of rotatable bonds is 3. The first-order chi connectivity index (χ1) is 5.79. The van der Waals surface area contributed by atoms with Crippen LogP contribution in [0, 0.1) is 0 Å². The van der Waals surface area contributed by atoms with Crippen molar-refractivity contribution in [2.75, 3.05) is 0 Å². The summed E-state index contributed by atoms with van der Waals surface area (Å²) in [5.41, 5.74) is 0.892. The smallest absolute Gasteiger partial charge is 0.740 e. The molecule has 1 atom stereocenters. The Morgan fingerprint density at radius 1 is 1.31 bits per heavy atom. The van der Waals surface area contributed by atoms with E-state index in [9.17, 15) is 8.76 Å². The Balaban J connectivity index is 0.00000144. The average Bonchev–Trinajstić information content (AvgIpc) is 2.05. The summed E-state index contributed by atoms with van der Waals surface area (Å²) in [5, 5.41) is 0. The van der Waals surface area contributed by atoms with Gasteiger partial charge < -0.3 is 8.74 Å². The second-order valence-corrected chi connectivity index (χ2v) is 2.61. The van der Waals surface area contributed by atoms with Crippen molar-refractivity contribution >= 4 is 17.4 Å². The van der Waals surface area contributed by atoms with Crippen molar-refractivity contribution in [1.82, 2.24) is 0 Å². The van der Waals surface area contributed by atoms with Gasteiger partial charge in [-0.05, 0) is 11.6 Å². The molecule has 0 radical (unpaired) electrons. The molecule has 1 rings (SSSR count). The molecule has 0 saturated heterocycles. The third kappa shape index (κ3) is 6.01. The maximum atomic E-state index is 9.92. The number of hydrogen-bond acceptors (Lipinski definition) is 3. The van der Waals surface area contributed by atoms with Gasteiger partial charge in [-0.25, -0.2) is 4.21 Å². The van der Waals surface area contributed by atoms with Crippen LogP contribution in [0.1, 0.15) is 5.56 Å². The van der Waals surface area contributed by atoms with Gasteiger partial charge in [-0.15, -0.1) is 0 Å². The molecule has 0 aromatic heterocycles. The average molecular weight is 206 g/mol. The van der Waals surface area contributed by atoms with Crippen LogP contribution in [0.3, 0.4) is 0 Å². The van der Waals surface area contributed by atoms with E-state index in [1.165, 1.54) is 0 Å². The molecular weight excluding hydrogens is 199 g/mol. The van der Waals surface area contributed by atoms with Crippen LogP contribution in [0.4, 0.5) is 0 Å². The second kappa shape index (κ2) is 7.29. The fraction of sp³-hybridized carbons (Fsp3) is 0. The minimum absolute atomic E-state index is 0. The van der Waals surface area contributed by atoms with Crippen molar-refractivity contribution in [3.05, 3.63) is 42.2 Å². The standard InChI is InChI=1S/C8H8O3S.Na/c9-12(10)11-7-6-8-4-2-1-3-5-8;/h1-7H,(H,9,10);/q;+1/p-1. The van der Waals surface area contributed by atoms with Crippen molar-refractivity contribution in [2.24, 2.45) is 0 Å². The van der Waals surface area contributed by atoms with Gasteiger partial charge in [-0.1, -0.05) is 30.3 Å². The SMILES string of the molecule is O=S([O-])OC=Cc1ccccc1.[Na+]. The van der Waals surface area contributed by atoms with Gasteiger partial charge in [0.15, 0.2) is 0 Å². The van der Waals surface area contributed by atoms with E-state index in [-0.39, 0.29) is 29.6 Å². The molecule has 0 N–H and O–H groups in total. The third-order valence-electron chi connectivity index (χ3n) is 1.19. The molecule has 0 aliphatic heterocycles. The molecular formula is C8H7NaO3S. The summed E-state index contributed by atoms with van der Waals surface area (Å²) in [7, 11) is 0. The van der Waals surface area contributed by atoms with Crippen LogP contribution in [0.5, 0.6) is 0 Å². The predicted molar refractivity (Wildman–Crippen MR) is 45.5 cm³/mol. The van der Waals surface area contributed by atoms with E-state index in [4.69, 9.17) is 0 Å². The Morgan fingerprint density at radius 3 is 2.46 bits per heavy atom. The zero-order valence-electron chi connectivity index (χ0n) is 7.17. The maximum absolute atomic E-state index is 9.92. The monoisotopic (exact) mass is 206 g/mol. The molecule has 13 heavy (non-hydrogen) atoms. The summed E-state index contributed by atoms with van der Waals surface area (Å²) in [6, 6.07) is 9.27. The van der Waals surface area contributed by atoms with Gasteiger partial charge in [0.25, 0.3) is 0 Å². The molecule has 0 spiro atoms. The summed E-state index contributed by atoms with van der Waals surface area (Å²) in [5.74, 6) is 0. The van der Waals surface area contributed by atoms with Crippen molar-refractivity contribution < 1.29 is 42.5 Å². The van der Waals surface area contributed by atoms with Gasteiger partial charge in [0.05, 0.1) is 0 Å². The normalized spacial score (nSPS) is 12.1. The first-order valence-electron chi connectivity index (χ1n) is 3.27. The van der Waals surface area contributed by atoms with Crippen LogP contribution >= 0.6 is 0 Å². The fourth-order valence-electron chi connectivity index (χ4n) is 0.716. The summed E-state index contributed by atoms with van der Waals surface area (Å²) in [4.78, 5) is 0. The van der Waals surface area contributed by atoms with E-state index in [1.807, 2.05) is 30.3 Å². The predicted octanol–water partition coefficient (Wildman–Crippen LogP) is -1.53. The van der Waals surface area contributed by atoms with Crippen molar-refractivity contribution in [3.63, 3.8) is 0 Å². The summed E-state index contributed by atoms with van der Waals surface area (Å²) >= 11 is -2.48. The van der Waals surface area contributed by atoms with Crippen LogP contribution < -0.4 is 29.6 Å². The topological polar surface area (TPSA) is 49.4 Å². The Morgan fingerprint density at radius 2 is 1.92 bits per heavy atom. The minimum Gasteiger partial charge on any atom is -0.740 e. The minimum atomic E-state index is -2.48. The quantitative estimate of drug-likeness (QED) is 0.342. The second-order valence-electron chi connectivity index (χ2n) is 2.01. The summed E-state index contributed by atoms with van der Waals surface area (Å²) in [6.45, 7) is 0. The molecule has 0 heterocycles. The summed E-state index contributed by atoms with van der Waals surface area (Å²) < 4.78 is 24.0. The van der Waals surface area contributed by atoms with Crippen molar-refractivity contribution in [2.45, 2.75) is 0 Å². The van der Waals surface area contributed by atoms with Crippen LogP contribution in [0.25, 0.3) is 6.08 Å². The number of hydrogen-bond donors (Lipinski definition) is 0. The fourth-order valence-corrected chi connectivity index (χ4v) is 0.862. The van der Waals surface area contributed by atoms with E-state index < -0.39 is 11.4 Å².